The van der Waals surface area contributed by atoms with Crippen molar-refractivity contribution in [2.24, 2.45) is 0 Å². The van der Waals surface area contributed by atoms with E-state index in [1.807, 2.05) is 0 Å². The van der Waals surface area contributed by atoms with Crippen LogP contribution in [0.25, 0.3) is 60.0 Å². The van der Waals surface area contributed by atoms with E-state index in [1.165, 1.54) is 65.5 Å². The van der Waals surface area contributed by atoms with Gasteiger partial charge in [0.1, 0.15) is 0 Å². The molecule has 0 radical (unpaired) electrons. The molecule has 0 N–H and O–H groups in total. The van der Waals surface area contributed by atoms with Gasteiger partial charge in [0, 0.05) is 39.7 Å². The molecule has 0 atom stereocenters. The highest BCUT2D eigenvalue weighted by molar-refractivity contribution is 6.25. The molecule has 2 nitrogen and oxygen atoms in total. The monoisotopic (exact) mass is 626 g/mol. The molecule has 0 amide bonds. The van der Waals surface area contributed by atoms with Gasteiger partial charge in [0.15, 0.2) is 0 Å². The Morgan fingerprint density at radius 2 is 0.980 bits per heavy atom. The van der Waals surface area contributed by atoms with Crippen LogP contribution in [-0.4, -0.2) is 4.57 Å². The summed E-state index contributed by atoms with van der Waals surface area (Å²) in [7, 11) is 0. The van der Waals surface area contributed by atoms with Gasteiger partial charge in [-0.3, -0.25) is 0 Å². The molecule has 0 bridgehead atoms. The Morgan fingerprint density at radius 1 is 0.429 bits per heavy atom. The smallest absolute Gasteiger partial charge is 0.0529 e. The summed E-state index contributed by atoms with van der Waals surface area (Å²) >= 11 is 0. The van der Waals surface area contributed by atoms with Crippen LogP contribution in [0.15, 0.2) is 170 Å². The fourth-order valence-electron chi connectivity index (χ4n) is 8.40. The van der Waals surface area contributed by atoms with Crippen molar-refractivity contribution in [2.45, 2.75) is 19.3 Å². The summed E-state index contributed by atoms with van der Waals surface area (Å²) in [5.41, 5.74) is 11.1. The van der Waals surface area contributed by atoms with E-state index in [0.29, 0.717) is 0 Å². The van der Waals surface area contributed by atoms with Crippen LogP contribution in [0.3, 0.4) is 0 Å². The maximum Gasteiger partial charge on any atom is 0.0529 e. The predicted octanol–water partition coefficient (Wildman–Crippen LogP) is 12.9. The van der Waals surface area contributed by atoms with Gasteiger partial charge in [-0.05, 0) is 115 Å². The summed E-state index contributed by atoms with van der Waals surface area (Å²) in [6, 6.07) is 60.3. The van der Waals surface area contributed by atoms with Gasteiger partial charge < -0.3 is 9.47 Å². The van der Waals surface area contributed by atoms with Crippen LogP contribution in [0, 0.1) is 0 Å². The van der Waals surface area contributed by atoms with E-state index in [2.05, 4.69) is 193 Å². The molecular formula is C47H34N2. The summed E-state index contributed by atoms with van der Waals surface area (Å²) in [5.74, 6) is 0. The van der Waals surface area contributed by atoms with E-state index in [4.69, 9.17) is 0 Å². The topological polar surface area (TPSA) is 8.17 Å². The maximum atomic E-state index is 2.45. The fourth-order valence-corrected chi connectivity index (χ4v) is 8.40. The quantitative estimate of drug-likeness (QED) is 0.176. The lowest BCUT2D eigenvalue weighted by Crippen LogP contribution is -2.16. The first-order valence-electron chi connectivity index (χ1n) is 17.1. The first-order chi connectivity index (χ1) is 24.1. The fraction of sp³-hybridized carbons (Fsp3) is 0.0638. The van der Waals surface area contributed by atoms with E-state index in [1.54, 1.807) is 0 Å². The molecule has 0 spiro atoms. The molecule has 9 aromatic rings. The van der Waals surface area contributed by atoms with Crippen LogP contribution in [0.4, 0.5) is 17.1 Å². The number of nitrogens with zero attached hydrogens (tertiary/aromatic N) is 2. The number of hydrogen-bond donors (Lipinski definition) is 0. The van der Waals surface area contributed by atoms with Crippen LogP contribution in [0.1, 0.15) is 25.0 Å². The third-order valence-corrected chi connectivity index (χ3v) is 10.8. The SMILES string of the molecule is CC1(C)c2ccccc2-c2ccc(N(c3ccc4c(ccn4-c4ccccc4)c3)c3ccc4c5ccccc5c5ccccc5c4c3)cc21. The molecule has 0 saturated heterocycles. The highest BCUT2D eigenvalue weighted by Gasteiger charge is 2.35. The summed E-state index contributed by atoms with van der Waals surface area (Å²) in [5, 5.41) is 8.89. The summed E-state index contributed by atoms with van der Waals surface area (Å²) < 4.78 is 2.27. The molecule has 10 rings (SSSR count). The highest BCUT2D eigenvalue weighted by atomic mass is 15.1. The number of rotatable bonds is 4. The maximum absolute atomic E-state index is 2.45. The van der Waals surface area contributed by atoms with E-state index in [9.17, 15) is 0 Å². The van der Waals surface area contributed by atoms with Crippen molar-refractivity contribution in [3.8, 4) is 16.8 Å². The molecule has 0 saturated carbocycles. The van der Waals surface area contributed by atoms with Crippen LogP contribution >= 0.6 is 0 Å². The number of para-hydroxylation sites is 1. The van der Waals surface area contributed by atoms with Gasteiger partial charge >= 0.3 is 0 Å². The predicted molar refractivity (Wildman–Crippen MR) is 208 cm³/mol. The highest BCUT2D eigenvalue weighted by Crippen LogP contribution is 2.51. The summed E-state index contributed by atoms with van der Waals surface area (Å²) in [6.45, 7) is 4.72. The van der Waals surface area contributed by atoms with Gasteiger partial charge in [0.05, 0.1) is 5.52 Å². The zero-order valence-electron chi connectivity index (χ0n) is 27.6. The third-order valence-electron chi connectivity index (χ3n) is 10.8. The Bertz CT molecular complexity index is 2710. The lowest BCUT2D eigenvalue weighted by molar-refractivity contribution is 0.660. The Kier molecular flexibility index (Phi) is 5.95. The number of fused-ring (bicyclic) bond motifs is 10. The minimum absolute atomic E-state index is 0.0943. The number of anilines is 3. The summed E-state index contributed by atoms with van der Waals surface area (Å²) in [6.07, 6.45) is 2.18. The van der Waals surface area contributed by atoms with Crippen molar-refractivity contribution in [3.63, 3.8) is 0 Å². The molecule has 1 heterocycles. The number of benzene rings is 8. The van der Waals surface area contributed by atoms with Crippen LogP contribution < -0.4 is 4.90 Å². The Hall–Kier alpha value is -6.12. The average molecular weight is 627 g/mol. The average Bonchev–Trinajstić information content (AvgIpc) is 3.68. The second-order valence-electron chi connectivity index (χ2n) is 13.8. The number of hydrogen-bond acceptors (Lipinski definition) is 1. The van der Waals surface area contributed by atoms with Gasteiger partial charge in [-0.25, -0.2) is 0 Å². The van der Waals surface area contributed by atoms with E-state index in [-0.39, 0.29) is 5.41 Å². The molecule has 232 valence electrons. The Labute approximate surface area is 286 Å². The molecule has 1 aromatic heterocycles. The Balaban J connectivity index is 1.21. The minimum Gasteiger partial charge on any atom is -0.317 e. The van der Waals surface area contributed by atoms with Gasteiger partial charge in [-0.15, -0.1) is 0 Å². The molecule has 0 fully saturated rings. The summed E-state index contributed by atoms with van der Waals surface area (Å²) in [4.78, 5) is 2.45. The van der Waals surface area contributed by atoms with Crippen molar-refractivity contribution < 1.29 is 0 Å². The zero-order chi connectivity index (χ0) is 32.7. The standard InChI is InChI=1S/C47H34N2/c1-47(2)44-19-11-10-18-41(44)42-24-21-35(30-45(42)47)49(33-22-25-46-31(28-33)26-27-48(46)32-12-4-3-5-13-32)34-20-23-40-38-16-7-6-14-36(38)37-15-8-9-17-39(37)43(40)29-34/h3-30H,1-2H3. The van der Waals surface area contributed by atoms with E-state index < -0.39 is 0 Å². The van der Waals surface area contributed by atoms with Crippen LogP contribution in [-0.2, 0) is 5.41 Å². The molecule has 2 heteroatoms. The molecule has 1 aliphatic carbocycles. The number of aromatic nitrogens is 1. The molecular weight excluding hydrogens is 593 g/mol. The van der Waals surface area contributed by atoms with Gasteiger partial charge in [0.2, 0.25) is 0 Å². The third kappa shape index (κ3) is 4.14. The minimum atomic E-state index is -0.0943. The molecule has 0 unspecified atom stereocenters. The van der Waals surface area contributed by atoms with E-state index >= 15 is 0 Å². The van der Waals surface area contributed by atoms with Crippen molar-refractivity contribution >= 4 is 60.3 Å². The van der Waals surface area contributed by atoms with Crippen LogP contribution in [0.5, 0.6) is 0 Å². The largest absolute Gasteiger partial charge is 0.317 e. The van der Waals surface area contributed by atoms with Gasteiger partial charge in [-0.1, -0.05) is 117 Å². The van der Waals surface area contributed by atoms with Crippen molar-refractivity contribution in [1.29, 1.82) is 0 Å². The first kappa shape index (κ1) is 27.9. The molecule has 49 heavy (non-hydrogen) atoms. The van der Waals surface area contributed by atoms with Crippen molar-refractivity contribution in [1.82, 2.24) is 4.57 Å². The van der Waals surface area contributed by atoms with Gasteiger partial charge in [-0.2, -0.15) is 0 Å². The zero-order valence-corrected chi connectivity index (χ0v) is 27.6. The van der Waals surface area contributed by atoms with Gasteiger partial charge in [0.25, 0.3) is 0 Å². The molecule has 1 aliphatic rings. The second-order valence-corrected chi connectivity index (χ2v) is 13.8. The van der Waals surface area contributed by atoms with Crippen molar-refractivity contribution in [3.05, 3.63) is 181 Å². The van der Waals surface area contributed by atoms with Crippen LogP contribution in [0.2, 0.25) is 0 Å². The molecule has 0 aliphatic heterocycles. The van der Waals surface area contributed by atoms with Crippen molar-refractivity contribution in [2.75, 3.05) is 4.90 Å². The normalized spacial score (nSPS) is 13.3. The first-order valence-corrected chi connectivity index (χ1v) is 17.1. The lowest BCUT2D eigenvalue weighted by Gasteiger charge is -2.28. The molecule has 8 aromatic carbocycles. The lowest BCUT2D eigenvalue weighted by atomic mass is 9.82. The second kappa shape index (κ2) is 10.4. The Morgan fingerprint density at radius 3 is 1.73 bits per heavy atom. The van der Waals surface area contributed by atoms with E-state index in [0.717, 1.165) is 22.7 Å².